The van der Waals surface area contributed by atoms with Gasteiger partial charge in [0.1, 0.15) is 11.6 Å². The van der Waals surface area contributed by atoms with E-state index in [4.69, 9.17) is 4.74 Å². The molecule has 5 atom stereocenters. The number of aliphatic hydroxyl groups excluding tert-OH is 1. The summed E-state index contributed by atoms with van der Waals surface area (Å²) >= 11 is 0. The zero-order valence-electron chi connectivity index (χ0n) is 17.8. The van der Waals surface area contributed by atoms with E-state index in [1.807, 2.05) is 19.9 Å². The first-order chi connectivity index (χ1) is 12.4. The third-order valence-electron chi connectivity index (χ3n) is 4.98. The molecule has 0 aromatic rings. The normalized spacial score (nSPS) is 23.4. The topological polar surface area (TPSA) is 78.9 Å². The number of ether oxygens (including phenoxy) is 1. The van der Waals surface area contributed by atoms with Gasteiger partial charge in [-0.05, 0) is 65.2 Å². The Bertz CT molecular complexity index is 515. The summed E-state index contributed by atoms with van der Waals surface area (Å²) in [5.41, 5.74) is -0.630. The van der Waals surface area contributed by atoms with Crippen LogP contribution in [0, 0.1) is 11.8 Å². The number of allylic oxidation sites excluding steroid dienone is 1. The Kier molecular flexibility index (Phi) is 8.79. The molecule has 2 amide bonds. The number of alkyl carbamates (subject to hydrolysis) is 1. The number of carbonyl (C=O) groups excluding carboxylic acids is 2. The van der Waals surface area contributed by atoms with Crippen molar-refractivity contribution in [1.82, 2.24) is 10.2 Å². The van der Waals surface area contributed by atoms with Crippen LogP contribution in [0.4, 0.5) is 4.79 Å². The molecule has 6 heteroatoms. The molecule has 2 N–H and O–H groups in total. The van der Waals surface area contributed by atoms with E-state index < -0.39 is 23.8 Å². The van der Waals surface area contributed by atoms with Crippen LogP contribution in [-0.2, 0) is 9.53 Å². The molecule has 0 aliphatic carbocycles. The fourth-order valence-corrected chi connectivity index (χ4v) is 3.66. The number of amides is 2. The van der Waals surface area contributed by atoms with E-state index in [0.29, 0.717) is 18.9 Å². The monoisotopic (exact) mass is 382 g/mol. The number of rotatable bonds is 8. The lowest BCUT2D eigenvalue weighted by atomic mass is 9.88. The second kappa shape index (κ2) is 10.1. The maximum Gasteiger partial charge on any atom is 0.408 e. The molecule has 1 saturated heterocycles. The lowest BCUT2D eigenvalue weighted by Gasteiger charge is -2.32. The number of hydrogen-bond acceptors (Lipinski definition) is 4. The van der Waals surface area contributed by atoms with Crippen molar-refractivity contribution < 1.29 is 19.4 Å². The fourth-order valence-electron chi connectivity index (χ4n) is 3.66. The molecule has 0 aromatic heterocycles. The first-order valence-corrected chi connectivity index (χ1v) is 10.0. The first-order valence-electron chi connectivity index (χ1n) is 10.0. The molecule has 0 radical (unpaired) electrons. The molecule has 1 rings (SSSR count). The predicted molar refractivity (Wildman–Crippen MR) is 107 cm³/mol. The second-order valence-electron chi connectivity index (χ2n) is 9.04. The van der Waals surface area contributed by atoms with E-state index in [9.17, 15) is 14.7 Å². The van der Waals surface area contributed by atoms with E-state index in [-0.39, 0.29) is 17.9 Å². The van der Waals surface area contributed by atoms with Crippen molar-refractivity contribution in [2.45, 2.75) is 91.0 Å². The van der Waals surface area contributed by atoms with E-state index in [2.05, 4.69) is 18.8 Å². The van der Waals surface area contributed by atoms with E-state index >= 15 is 0 Å². The molecular weight excluding hydrogens is 344 g/mol. The van der Waals surface area contributed by atoms with Crippen LogP contribution in [0.2, 0.25) is 0 Å². The maximum absolute atomic E-state index is 13.2. The van der Waals surface area contributed by atoms with Gasteiger partial charge in [0.2, 0.25) is 5.91 Å². The third kappa shape index (κ3) is 7.91. The fraction of sp³-hybridized carbons (Fsp3) is 0.810. The van der Waals surface area contributed by atoms with Gasteiger partial charge in [-0.25, -0.2) is 4.79 Å². The molecule has 2 unspecified atom stereocenters. The molecule has 6 nitrogen and oxygen atoms in total. The van der Waals surface area contributed by atoms with Crippen molar-refractivity contribution in [2.75, 3.05) is 6.54 Å². The van der Waals surface area contributed by atoms with Gasteiger partial charge >= 0.3 is 6.09 Å². The Morgan fingerprint density at radius 1 is 1.37 bits per heavy atom. The summed E-state index contributed by atoms with van der Waals surface area (Å²) in [6, 6.07) is -0.709. The molecular formula is C21H38N2O4. The van der Waals surface area contributed by atoms with Crippen LogP contribution >= 0.6 is 0 Å². The number of nitrogens with one attached hydrogen (secondary N) is 1. The van der Waals surface area contributed by atoms with Gasteiger partial charge in [-0.2, -0.15) is 0 Å². The summed E-state index contributed by atoms with van der Waals surface area (Å²) in [6.45, 7) is 15.5. The van der Waals surface area contributed by atoms with Crippen LogP contribution in [0.5, 0.6) is 0 Å². The van der Waals surface area contributed by atoms with E-state index in [0.717, 1.165) is 19.3 Å². The zero-order valence-corrected chi connectivity index (χ0v) is 17.8. The van der Waals surface area contributed by atoms with Gasteiger partial charge in [0, 0.05) is 12.6 Å². The molecule has 1 heterocycles. The molecule has 27 heavy (non-hydrogen) atoms. The zero-order chi connectivity index (χ0) is 20.8. The van der Waals surface area contributed by atoms with Crippen LogP contribution in [0.15, 0.2) is 12.7 Å². The van der Waals surface area contributed by atoms with Gasteiger partial charge in [-0.1, -0.05) is 19.9 Å². The Morgan fingerprint density at radius 2 is 2.00 bits per heavy atom. The molecule has 0 spiro atoms. The SMILES string of the molecule is C=CCCC(C)C[C@@H](C)C(NC(=O)OC(C)(C)C)C(=O)N1C[C@H](O)C[C@@H]1C. The summed E-state index contributed by atoms with van der Waals surface area (Å²) in [5.74, 6) is 0.221. The van der Waals surface area contributed by atoms with Crippen molar-refractivity contribution in [3.63, 3.8) is 0 Å². The summed E-state index contributed by atoms with van der Waals surface area (Å²) < 4.78 is 5.37. The van der Waals surface area contributed by atoms with Gasteiger partial charge in [0.25, 0.3) is 0 Å². The lowest BCUT2D eigenvalue weighted by Crippen LogP contribution is -2.53. The standard InChI is InChI=1S/C21H38N2O4/c1-8-9-10-14(2)11-15(3)18(22-20(26)27-21(5,6)7)19(25)23-13-17(24)12-16(23)4/h8,14-18,24H,1,9-13H2,2-7H3,(H,22,26)/t14?,15-,16+,17-,18?/m1/s1. The highest BCUT2D eigenvalue weighted by atomic mass is 16.6. The lowest BCUT2D eigenvalue weighted by molar-refractivity contribution is -0.135. The van der Waals surface area contributed by atoms with Crippen LogP contribution in [0.3, 0.4) is 0 Å². The Morgan fingerprint density at radius 3 is 2.48 bits per heavy atom. The Balaban J connectivity index is 2.89. The Hall–Kier alpha value is -1.56. The minimum absolute atomic E-state index is 0.0409. The van der Waals surface area contributed by atoms with Crippen molar-refractivity contribution in [2.24, 2.45) is 11.8 Å². The van der Waals surface area contributed by atoms with Crippen LogP contribution in [0.1, 0.15) is 67.2 Å². The number of carbonyl (C=O) groups is 2. The number of nitrogens with zero attached hydrogens (tertiary/aromatic N) is 1. The van der Waals surface area contributed by atoms with Crippen molar-refractivity contribution in [3.05, 3.63) is 12.7 Å². The van der Waals surface area contributed by atoms with Crippen LogP contribution < -0.4 is 5.32 Å². The smallest absolute Gasteiger partial charge is 0.408 e. The van der Waals surface area contributed by atoms with Crippen molar-refractivity contribution in [1.29, 1.82) is 0 Å². The molecule has 156 valence electrons. The highest BCUT2D eigenvalue weighted by Crippen LogP contribution is 2.24. The van der Waals surface area contributed by atoms with Gasteiger partial charge in [-0.15, -0.1) is 6.58 Å². The quantitative estimate of drug-likeness (QED) is 0.630. The molecule has 0 aromatic carbocycles. The maximum atomic E-state index is 13.2. The van der Waals surface area contributed by atoms with E-state index in [1.165, 1.54) is 0 Å². The number of β-amino-alcohol motifs (C(OH)–C–C–N with tert-alkyl or cyclic N) is 1. The minimum atomic E-state index is -0.668. The van der Waals surface area contributed by atoms with Crippen LogP contribution in [-0.4, -0.2) is 52.3 Å². The highest BCUT2D eigenvalue weighted by Gasteiger charge is 2.38. The van der Waals surface area contributed by atoms with Gasteiger partial charge in [-0.3, -0.25) is 4.79 Å². The summed E-state index contributed by atoms with van der Waals surface area (Å²) in [7, 11) is 0. The van der Waals surface area contributed by atoms with Gasteiger partial charge < -0.3 is 20.1 Å². The predicted octanol–water partition coefficient (Wildman–Crippen LogP) is 3.49. The molecule has 1 fully saturated rings. The van der Waals surface area contributed by atoms with E-state index in [1.54, 1.807) is 25.7 Å². The average molecular weight is 383 g/mol. The molecule has 1 aliphatic rings. The van der Waals surface area contributed by atoms with Crippen molar-refractivity contribution >= 4 is 12.0 Å². The summed E-state index contributed by atoms with van der Waals surface area (Å²) in [6.07, 6.45) is 4.11. The summed E-state index contributed by atoms with van der Waals surface area (Å²) in [4.78, 5) is 27.2. The van der Waals surface area contributed by atoms with Gasteiger partial charge in [0.15, 0.2) is 0 Å². The molecule has 0 bridgehead atoms. The minimum Gasteiger partial charge on any atom is -0.444 e. The number of hydrogen-bond donors (Lipinski definition) is 2. The van der Waals surface area contributed by atoms with Crippen LogP contribution in [0.25, 0.3) is 0 Å². The number of likely N-dealkylation sites (tertiary alicyclic amines) is 1. The third-order valence-corrected chi connectivity index (χ3v) is 4.98. The first kappa shape index (κ1) is 23.5. The summed E-state index contributed by atoms with van der Waals surface area (Å²) in [5, 5.41) is 12.7. The van der Waals surface area contributed by atoms with Gasteiger partial charge in [0.05, 0.1) is 6.10 Å². The van der Waals surface area contributed by atoms with Crippen molar-refractivity contribution in [3.8, 4) is 0 Å². The number of aliphatic hydroxyl groups is 1. The molecule has 0 saturated carbocycles. The highest BCUT2D eigenvalue weighted by molar-refractivity contribution is 5.86. The average Bonchev–Trinajstić information content (AvgIpc) is 2.86. The second-order valence-corrected chi connectivity index (χ2v) is 9.04. The molecule has 1 aliphatic heterocycles. The Labute approximate surface area is 164 Å². The largest absolute Gasteiger partial charge is 0.444 e.